The minimum atomic E-state index is -0.161. The summed E-state index contributed by atoms with van der Waals surface area (Å²) in [5.74, 6) is -0.161. The highest BCUT2D eigenvalue weighted by Gasteiger charge is 2.30. The maximum Gasteiger partial charge on any atom is 0.123 e. The van der Waals surface area contributed by atoms with E-state index in [4.69, 9.17) is 0 Å². The zero-order valence-corrected chi connectivity index (χ0v) is 10.1. The Kier molecular flexibility index (Phi) is 3.29. The van der Waals surface area contributed by atoms with Gasteiger partial charge in [-0.25, -0.2) is 4.39 Å². The Labute approximate surface area is 97.1 Å². The molecule has 16 heavy (non-hydrogen) atoms. The fourth-order valence-electron chi connectivity index (χ4n) is 2.47. The zero-order chi connectivity index (χ0) is 11.6. The van der Waals surface area contributed by atoms with E-state index in [1.165, 1.54) is 31.4 Å². The van der Waals surface area contributed by atoms with Crippen LogP contribution in [0.5, 0.6) is 0 Å². The molecule has 0 radical (unpaired) electrons. The van der Waals surface area contributed by atoms with Crippen LogP contribution in [-0.2, 0) is 6.54 Å². The molecule has 1 aromatic rings. The summed E-state index contributed by atoms with van der Waals surface area (Å²) in [4.78, 5) is 0. The summed E-state index contributed by atoms with van der Waals surface area (Å²) in [6.07, 6.45) is 3.80. The first-order chi connectivity index (χ1) is 7.55. The average molecular weight is 221 g/mol. The van der Waals surface area contributed by atoms with Gasteiger partial charge in [0, 0.05) is 12.6 Å². The van der Waals surface area contributed by atoms with Gasteiger partial charge in [0.05, 0.1) is 0 Å². The van der Waals surface area contributed by atoms with Crippen molar-refractivity contribution < 1.29 is 4.39 Å². The predicted octanol–water partition coefficient (Wildman–Crippen LogP) is 3.49. The quantitative estimate of drug-likeness (QED) is 0.823. The van der Waals surface area contributed by atoms with Crippen molar-refractivity contribution >= 4 is 0 Å². The molecule has 0 spiro atoms. The standard InChI is InChI=1S/C14H20FN/c1-14(2)8-7-13(9-14)16-10-11-3-5-12(15)6-4-11/h3-6,13,16H,7-10H2,1-2H3. The summed E-state index contributed by atoms with van der Waals surface area (Å²) < 4.78 is 12.7. The number of halogens is 1. The fourth-order valence-corrected chi connectivity index (χ4v) is 2.47. The summed E-state index contributed by atoms with van der Waals surface area (Å²) >= 11 is 0. The summed E-state index contributed by atoms with van der Waals surface area (Å²) in [5, 5.41) is 3.55. The summed E-state index contributed by atoms with van der Waals surface area (Å²) in [6, 6.07) is 7.37. The van der Waals surface area contributed by atoms with Gasteiger partial charge in [-0.3, -0.25) is 0 Å². The normalized spacial score (nSPS) is 23.6. The predicted molar refractivity (Wildman–Crippen MR) is 64.7 cm³/mol. The second-order valence-corrected chi connectivity index (χ2v) is 5.61. The van der Waals surface area contributed by atoms with Gasteiger partial charge >= 0.3 is 0 Å². The van der Waals surface area contributed by atoms with Crippen molar-refractivity contribution in [2.45, 2.75) is 45.7 Å². The van der Waals surface area contributed by atoms with E-state index in [-0.39, 0.29) is 5.82 Å². The fraction of sp³-hybridized carbons (Fsp3) is 0.571. The molecule has 0 aromatic heterocycles. The maximum absolute atomic E-state index is 12.7. The van der Waals surface area contributed by atoms with Crippen LogP contribution >= 0.6 is 0 Å². The molecular formula is C14H20FN. The van der Waals surface area contributed by atoms with Gasteiger partial charge in [0.15, 0.2) is 0 Å². The Hall–Kier alpha value is -0.890. The van der Waals surface area contributed by atoms with Crippen molar-refractivity contribution in [2.75, 3.05) is 0 Å². The number of benzene rings is 1. The molecule has 1 N–H and O–H groups in total. The molecule has 88 valence electrons. The van der Waals surface area contributed by atoms with Crippen LogP contribution < -0.4 is 5.32 Å². The van der Waals surface area contributed by atoms with E-state index >= 15 is 0 Å². The summed E-state index contributed by atoms with van der Waals surface area (Å²) in [7, 11) is 0. The van der Waals surface area contributed by atoms with Gasteiger partial charge in [-0.15, -0.1) is 0 Å². The molecule has 2 rings (SSSR count). The zero-order valence-electron chi connectivity index (χ0n) is 10.1. The first kappa shape index (κ1) is 11.6. The number of hydrogen-bond acceptors (Lipinski definition) is 1. The van der Waals surface area contributed by atoms with Gasteiger partial charge in [-0.1, -0.05) is 26.0 Å². The second-order valence-electron chi connectivity index (χ2n) is 5.61. The molecule has 1 fully saturated rings. The third-order valence-corrected chi connectivity index (χ3v) is 3.48. The average Bonchev–Trinajstić information content (AvgIpc) is 2.58. The Morgan fingerprint density at radius 1 is 1.31 bits per heavy atom. The molecule has 1 saturated carbocycles. The Bertz CT molecular complexity index is 342. The molecule has 1 aliphatic rings. The van der Waals surface area contributed by atoms with E-state index in [0.29, 0.717) is 11.5 Å². The van der Waals surface area contributed by atoms with Gasteiger partial charge in [0.1, 0.15) is 5.82 Å². The van der Waals surface area contributed by atoms with Crippen molar-refractivity contribution in [3.05, 3.63) is 35.6 Å². The third-order valence-electron chi connectivity index (χ3n) is 3.48. The highest BCUT2D eigenvalue weighted by Crippen LogP contribution is 2.36. The first-order valence-corrected chi connectivity index (χ1v) is 6.03. The molecule has 0 bridgehead atoms. The first-order valence-electron chi connectivity index (χ1n) is 6.03. The molecule has 1 unspecified atom stereocenters. The highest BCUT2D eigenvalue weighted by molar-refractivity contribution is 5.15. The van der Waals surface area contributed by atoms with Gasteiger partial charge in [-0.05, 0) is 42.4 Å². The molecule has 1 nitrogen and oxygen atoms in total. The molecule has 2 heteroatoms. The molecule has 1 aliphatic carbocycles. The van der Waals surface area contributed by atoms with Crippen molar-refractivity contribution in [2.24, 2.45) is 5.41 Å². The van der Waals surface area contributed by atoms with E-state index in [0.717, 1.165) is 12.1 Å². The lowest BCUT2D eigenvalue weighted by molar-refractivity contribution is 0.364. The van der Waals surface area contributed by atoms with E-state index < -0.39 is 0 Å². The topological polar surface area (TPSA) is 12.0 Å². The third kappa shape index (κ3) is 3.05. The smallest absolute Gasteiger partial charge is 0.123 e. The lowest BCUT2D eigenvalue weighted by atomic mass is 9.92. The maximum atomic E-state index is 12.7. The van der Waals surface area contributed by atoms with Crippen LogP contribution in [0.3, 0.4) is 0 Å². The lowest BCUT2D eigenvalue weighted by Crippen LogP contribution is -2.26. The van der Waals surface area contributed by atoms with Crippen LogP contribution in [-0.4, -0.2) is 6.04 Å². The molecule has 0 amide bonds. The van der Waals surface area contributed by atoms with Crippen LogP contribution in [0, 0.1) is 11.2 Å². The Morgan fingerprint density at radius 3 is 2.56 bits per heavy atom. The SMILES string of the molecule is CC1(C)CCC(NCc2ccc(F)cc2)C1. The molecule has 1 aromatic carbocycles. The molecule has 1 atom stereocenters. The van der Waals surface area contributed by atoms with Crippen LogP contribution in [0.2, 0.25) is 0 Å². The van der Waals surface area contributed by atoms with E-state index in [2.05, 4.69) is 19.2 Å². The molecule has 0 heterocycles. The number of rotatable bonds is 3. The van der Waals surface area contributed by atoms with E-state index in [1.54, 1.807) is 0 Å². The van der Waals surface area contributed by atoms with Crippen LogP contribution in [0.1, 0.15) is 38.7 Å². The van der Waals surface area contributed by atoms with Crippen molar-refractivity contribution in [1.82, 2.24) is 5.32 Å². The monoisotopic (exact) mass is 221 g/mol. The number of hydrogen-bond donors (Lipinski definition) is 1. The van der Waals surface area contributed by atoms with E-state index in [9.17, 15) is 4.39 Å². The van der Waals surface area contributed by atoms with Crippen molar-refractivity contribution in [1.29, 1.82) is 0 Å². The van der Waals surface area contributed by atoms with Crippen molar-refractivity contribution in [3.8, 4) is 0 Å². The minimum absolute atomic E-state index is 0.161. The second kappa shape index (κ2) is 4.54. The Balaban J connectivity index is 1.82. The van der Waals surface area contributed by atoms with Gasteiger partial charge in [0.2, 0.25) is 0 Å². The number of nitrogens with one attached hydrogen (secondary N) is 1. The Morgan fingerprint density at radius 2 is 2.00 bits per heavy atom. The van der Waals surface area contributed by atoms with Gasteiger partial charge < -0.3 is 5.32 Å². The van der Waals surface area contributed by atoms with Crippen molar-refractivity contribution in [3.63, 3.8) is 0 Å². The van der Waals surface area contributed by atoms with Gasteiger partial charge in [-0.2, -0.15) is 0 Å². The molecule has 0 aliphatic heterocycles. The minimum Gasteiger partial charge on any atom is -0.310 e. The van der Waals surface area contributed by atoms with Gasteiger partial charge in [0.25, 0.3) is 0 Å². The lowest BCUT2D eigenvalue weighted by Gasteiger charge is -2.17. The molecular weight excluding hydrogens is 201 g/mol. The molecule has 0 saturated heterocycles. The van der Waals surface area contributed by atoms with E-state index in [1.807, 2.05) is 12.1 Å². The summed E-state index contributed by atoms with van der Waals surface area (Å²) in [5.41, 5.74) is 1.65. The van der Waals surface area contributed by atoms with Crippen LogP contribution in [0.25, 0.3) is 0 Å². The highest BCUT2D eigenvalue weighted by atomic mass is 19.1. The largest absolute Gasteiger partial charge is 0.310 e. The van der Waals surface area contributed by atoms with Crippen LogP contribution in [0.15, 0.2) is 24.3 Å². The van der Waals surface area contributed by atoms with Crippen LogP contribution in [0.4, 0.5) is 4.39 Å². The summed E-state index contributed by atoms with van der Waals surface area (Å²) in [6.45, 7) is 5.50.